The van der Waals surface area contributed by atoms with Crippen LogP contribution in [0.5, 0.6) is 0 Å². The van der Waals surface area contributed by atoms with Crippen LogP contribution in [0.2, 0.25) is 0 Å². The molecule has 0 fully saturated rings. The molecule has 1 aliphatic heterocycles. The van der Waals surface area contributed by atoms with Crippen LogP contribution < -0.4 is 16.7 Å². The second-order valence-electron chi connectivity index (χ2n) is 6.62. The standard InChI is InChI=1S/C20H18N2O5S2/c1-10-6-17(24)27-14-7-11(2-3-12(10)14)28-9-16(23)22-20-18(19(21)25)13-4-5-26-8-15(13)29-20/h2-3,6-7H,4-5,8-9H2,1H3,(H2,21,25)(H,22,23). The molecule has 7 nitrogen and oxygen atoms in total. The van der Waals surface area contributed by atoms with Crippen LogP contribution >= 0.6 is 23.1 Å². The minimum absolute atomic E-state index is 0.138. The maximum atomic E-state index is 12.5. The topological polar surface area (TPSA) is 112 Å². The fourth-order valence-corrected chi connectivity index (χ4v) is 5.22. The number of ether oxygens (including phenoxy) is 1. The van der Waals surface area contributed by atoms with E-state index >= 15 is 0 Å². The minimum atomic E-state index is -0.549. The Hall–Kier alpha value is -2.62. The second kappa shape index (κ2) is 8.02. The molecule has 29 heavy (non-hydrogen) atoms. The molecule has 4 rings (SSSR count). The van der Waals surface area contributed by atoms with E-state index in [9.17, 15) is 14.4 Å². The highest BCUT2D eigenvalue weighted by Gasteiger charge is 2.25. The number of rotatable bonds is 5. The van der Waals surface area contributed by atoms with Gasteiger partial charge in [-0.3, -0.25) is 9.59 Å². The van der Waals surface area contributed by atoms with Gasteiger partial charge < -0.3 is 20.2 Å². The normalized spacial score (nSPS) is 13.3. The first-order valence-electron chi connectivity index (χ1n) is 8.91. The Morgan fingerprint density at radius 2 is 2.14 bits per heavy atom. The van der Waals surface area contributed by atoms with E-state index in [1.807, 2.05) is 19.1 Å². The van der Waals surface area contributed by atoms with E-state index in [4.69, 9.17) is 14.9 Å². The maximum Gasteiger partial charge on any atom is 0.336 e. The Labute approximate surface area is 174 Å². The summed E-state index contributed by atoms with van der Waals surface area (Å²) in [5.41, 5.74) is 7.72. The van der Waals surface area contributed by atoms with Gasteiger partial charge in [0.1, 0.15) is 10.6 Å². The van der Waals surface area contributed by atoms with Crippen LogP contribution in [0, 0.1) is 6.92 Å². The molecule has 3 heterocycles. The highest BCUT2D eigenvalue weighted by molar-refractivity contribution is 8.00. The van der Waals surface area contributed by atoms with Crippen molar-refractivity contribution in [3.05, 3.63) is 56.3 Å². The zero-order valence-corrected chi connectivity index (χ0v) is 17.2. The zero-order chi connectivity index (χ0) is 20.5. The van der Waals surface area contributed by atoms with E-state index in [0.29, 0.717) is 35.8 Å². The molecule has 2 amide bonds. The highest BCUT2D eigenvalue weighted by atomic mass is 32.2. The van der Waals surface area contributed by atoms with Crippen LogP contribution in [0.3, 0.4) is 0 Å². The van der Waals surface area contributed by atoms with Crippen molar-refractivity contribution in [3.8, 4) is 0 Å². The lowest BCUT2D eigenvalue weighted by molar-refractivity contribution is -0.113. The molecule has 0 aliphatic carbocycles. The van der Waals surface area contributed by atoms with Crippen molar-refractivity contribution >= 4 is 50.9 Å². The molecule has 0 spiro atoms. The SMILES string of the molecule is Cc1cc(=O)oc2cc(SCC(=O)Nc3sc4c(c3C(N)=O)CCOC4)ccc12. The Morgan fingerprint density at radius 3 is 2.93 bits per heavy atom. The monoisotopic (exact) mass is 430 g/mol. The smallest absolute Gasteiger partial charge is 0.336 e. The molecule has 0 unspecified atom stereocenters. The third-order valence-corrected chi connectivity index (χ3v) is 6.73. The van der Waals surface area contributed by atoms with Crippen molar-refractivity contribution in [2.24, 2.45) is 5.73 Å². The molecule has 150 valence electrons. The minimum Gasteiger partial charge on any atom is -0.423 e. The Balaban J connectivity index is 1.48. The summed E-state index contributed by atoms with van der Waals surface area (Å²) < 4.78 is 10.7. The van der Waals surface area contributed by atoms with Crippen LogP contribution in [0.15, 0.2) is 38.4 Å². The van der Waals surface area contributed by atoms with E-state index in [1.54, 1.807) is 6.07 Å². The van der Waals surface area contributed by atoms with Crippen molar-refractivity contribution in [3.63, 3.8) is 0 Å². The van der Waals surface area contributed by atoms with Crippen LogP contribution in [0.1, 0.15) is 26.4 Å². The summed E-state index contributed by atoms with van der Waals surface area (Å²) >= 11 is 2.64. The van der Waals surface area contributed by atoms with Gasteiger partial charge in [-0.1, -0.05) is 0 Å². The average molecular weight is 431 g/mol. The molecular formula is C20H18N2O5S2. The Kier molecular flexibility index (Phi) is 5.44. The fourth-order valence-electron chi connectivity index (χ4n) is 3.29. The van der Waals surface area contributed by atoms with Gasteiger partial charge in [0.25, 0.3) is 5.91 Å². The zero-order valence-electron chi connectivity index (χ0n) is 15.6. The van der Waals surface area contributed by atoms with E-state index in [1.165, 1.54) is 29.2 Å². The van der Waals surface area contributed by atoms with Crippen molar-refractivity contribution in [2.75, 3.05) is 17.7 Å². The van der Waals surface area contributed by atoms with Crippen molar-refractivity contribution in [1.29, 1.82) is 0 Å². The summed E-state index contributed by atoms with van der Waals surface area (Å²) in [7, 11) is 0. The number of hydrogen-bond acceptors (Lipinski definition) is 7. The van der Waals surface area contributed by atoms with Crippen LogP contribution in [0.4, 0.5) is 5.00 Å². The van der Waals surface area contributed by atoms with Gasteiger partial charge in [0.2, 0.25) is 5.91 Å². The molecule has 0 saturated carbocycles. The average Bonchev–Trinajstić information content (AvgIpc) is 3.03. The van der Waals surface area contributed by atoms with Gasteiger partial charge in [0.05, 0.1) is 24.5 Å². The van der Waals surface area contributed by atoms with Crippen LogP contribution in [0.25, 0.3) is 11.0 Å². The first-order chi connectivity index (χ1) is 13.9. The number of anilines is 1. The number of carbonyl (C=O) groups excluding carboxylic acids is 2. The molecule has 2 aromatic heterocycles. The molecule has 0 radical (unpaired) electrons. The van der Waals surface area contributed by atoms with Gasteiger partial charge in [0.15, 0.2) is 0 Å². The van der Waals surface area contributed by atoms with Crippen molar-refractivity contribution < 1.29 is 18.7 Å². The summed E-state index contributed by atoms with van der Waals surface area (Å²) in [4.78, 5) is 37.7. The number of nitrogens with two attached hydrogens (primary N) is 1. The number of thioether (sulfide) groups is 1. The van der Waals surface area contributed by atoms with Gasteiger partial charge in [-0.2, -0.15) is 0 Å². The summed E-state index contributed by atoms with van der Waals surface area (Å²) in [6, 6.07) is 6.94. The fraction of sp³-hybridized carbons (Fsp3) is 0.250. The lowest BCUT2D eigenvalue weighted by Gasteiger charge is -2.12. The molecule has 1 aliphatic rings. The first-order valence-corrected chi connectivity index (χ1v) is 10.7. The van der Waals surface area contributed by atoms with Crippen molar-refractivity contribution in [1.82, 2.24) is 0 Å². The van der Waals surface area contributed by atoms with Crippen molar-refractivity contribution in [2.45, 2.75) is 24.8 Å². The molecule has 3 N–H and O–H groups in total. The Morgan fingerprint density at radius 1 is 1.31 bits per heavy atom. The maximum absolute atomic E-state index is 12.5. The number of fused-ring (bicyclic) bond motifs is 2. The quantitative estimate of drug-likeness (QED) is 0.475. The molecule has 3 aromatic rings. The van der Waals surface area contributed by atoms with Gasteiger partial charge in [0, 0.05) is 21.2 Å². The number of carbonyl (C=O) groups is 2. The van der Waals surface area contributed by atoms with Gasteiger partial charge in [-0.05, 0) is 42.7 Å². The van der Waals surface area contributed by atoms with E-state index in [2.05, 4.69) is 5.32 Å². The molecule has 0 bridgehead atoms. The summed E-state index contributed by atoms with van der Waals surface area (Å²) in [6.07, 6.45) is 0.608. The number of primary amides is 1. The van der Waals surface area contributed by atoms with Gasteiger partial charge in [-0.25, -0.2) is 4.79 Å². The first kappa shape index (κ1) is 19.7. The van der Waals surface area contributed by atoms with E-state index < -0.39 is 11.5 Å². The number of aryl methyl sites for hydroxylation is 1. The molecule has 1 aromatic carbocycles. The van der Waals surface area contributed by atoms with Gasteiger partial charge in [-0.15, -0.1) is 23.1 Å². The number of benzene rings is 1. The molecule has 9 heteroatoms. The van der Waals surface area contributed by atoms with E-state index in [0.717, 1.165) is 26.3 Å². The predicted molar refractivity (Wildman–Crippen MR) is 113 cm³/mol. The van der Waals surface area contributed by atoms with Crippen LogP contribution in [-0.4, -0.2) is 24.2 Å². The predicted octanol–water partition coefficient (Wildman–Crippen LogP) is 3.07. The van der Waals surface area contributed by atoms with Crippen LogP contribution in [-0.2, 0) is 22.6 Å². The molecule has 0 atom stereocenters. The second-order valence-corrected chi connectivity index (χ2v) is 8.77. The van der Waals surface area contributed by atoms with E-state index in [-0.39, 0.29) is 11.7 Å². The number of thiophene rings is 1. The number of hydrogen-bond donors (Lipinski definition) is 2. The summed E-state index contributed by atoms with van der Waals surface area (Å²) in [5.74, 6) is -0.658. The number of nitrogens with one attached hydrogen (secondary N) is 1. The third kappa shape index (κ3) is 4.07. The summed E-state index contributed by atoms with van der Waals surface area (Å²) in [5, 5.41) is 4.13. The third-order valence-electron chi connectivity index (χ3n) is 4.61. The molecular weight excluding hydrogens is 412 g/mol. The van der Waals surface area contributed by atoms with Gasteiger partial charge >= 0.3 is 5.63 Å². The number of amides is 2. The highest BCUT2D eigenvalue weighted by Crippen LogP contribution is 2.36. The lowest BCUT2D eigenvalue weighted by Crippen LogP contribution is -2.20. The largest absolute Gasteiger partial charge is 0.423 e. The molecule has 0 saturated heterocycles. The summed E-state index contributed by atoms with van der Waals surface area (Å²) in [6.45, 7) is 2.80. The Bertz CT molecular complexity index is 1180. The lowest BCUT2D eigenvalue weighted by atomic mass is 10.1.